The van der Waals surface area contributed by atoms with Crippen molar-refractivity contribution >= 4 is 33.3 Å². The maximum absolute atomic E-state index is 12.9. The molecule has 3 aromatic rings. The standard InChI is InChI=1S/C23H20BrNO3/c1-2-28-19-11-8-16(9-12-19)14-22(26)25-21-13-10-18(24)15-20(21)23(27)17-6-4-3-5-7-17/h3-13,15H,2,14H2,1H3,(H,25,26). The van der Waals surface area contributed by atoms with Crippen molar-refractivity contribution in [1.82, 2.24) is 0 Å². The molecule has 0 bridgehead atoms. The molecule has 0 unspecified atom stereocenters. The van der Waals surface area contributed by atoms with Crippen molar-refractivity contribution < 1.29 is 14.3 Å². The first kappa shape index (κ1) is 19.8. The molecule has 0 aliphatic rings. The van der Waals surface area contributed by atoms with E-state index in [1.165, 1.54) is 0 Å². The van der Waals surface area contributed by atoms with E-state index in [0.29, 0.717) is 23.4 Å². The number of hydrogen-bond donors (Lipinski definition) is 1. The molecule has 0 heterocycles. The molecule has 0 saturated carbocycles. The molecule has 5 heteroatoms. The van der Waals surface area contributed by atoms with Gasteiger partial charge < -0.3 is 10.1 Å². The summed E-state index contributed by atoms with van der Waals surface area (Å²) in [6, 6.07) is 21.7. The van der Waals surface area contributed by atoms with Crippen LogP contribution in [-0.2, 0) is 11.2 Å². The van der Waals surface area contributed by atoms with Gasteiger partial charge in [-0.3, -0.25) is 9.59 Å². The fourth-order valence-corrected chi connectivity index (χ4v) is 3.17. The molecule has 0 saturated heterocycles. The predicted molar refractivity (Wildman–Crippen MR) is 114 cm³/mol. The number of benzene rings is 3. The van der Waals surface area contributed by atoms with Gasteiger partial charge in [0, 0.05) is 15.6 Å². The molecule has 0 aromatic heterocycles. The lowest BCUT2D eigenvalue weighted by molar-refractivity contribution is -0.115. The molecule has 0 atom stereocenters. The number of anilines is 1. The van der Waals surface area contributed by atoms with Gasteiger partial charge in [-0.05, 0) is 42.8 Å². The van der Waals surface area contributed by atoms with E-state index in [9.17, 15) is 9.59 Å². The molecule has 28 heavy (non-hydrogen) atoms. The number of ether oxygens (including phenoxy) is 1. The number of hydrogen-bond acceptors (Lipinski definition) is 3. The van der Waals surface area contributed by atoms with Crippen molar-refractivity contribution in [2.24, 2.45) is 0 Å². The smallest absolute Gasteiger partial charge is 0.228 e. The summed E-state index contributed by atoms with van der Waals surface area (Å²) >= 11 is 3.40. The first-order chi connectivity index (χ1) is 13.6. The van der Waals surface area contributed by atoms with Crippen LogP contribution in [0.4, 0.5) is 5.69 Å². The van der Waals surface area contributed by atoms with Crippen LogP contribution in [0.1, 0.15) is 28.4 Å². The molecule has 0 fully saturated rings. The third-order valence-corrected chi connectivity index (χ3v) is 4.63. The van der Waals surface area contributed by atoms with Gasteiger partial charge in [-0.15, -0.1) is 0 Å². The fraction of sp³-hybridized carbons (Fsp3) is 0.130. The molecular weight excluding hydrogens is 418 g/mol. The van der Waals surface area contributed by atoms with E-state index >= 15 is 0 Å². The lowest BCUT2D eigenvalue weighted by Crippen LogP contribution is -2.17. The van der Waals surface area contributed by atoms with Crippen LogP contribution in [0.2, 0.25) is 0 Å². The van der Waals surface area contributed by atoms with Crippen molar-refractivity contribution in [3.8, 4) is 5.75 Å². The highest BCUT2D eigenvalue weighted by Crippen LogP contribution is 2.24. The summed E-state index contributed by atoms with van der Waals surface area (Å²) in [5.41, 5.74) is 2.38. The average molecular weight is 438 g/mol. The number of nitrogens with one attached hydrogen (secondary N) is 1. The zero-order chi connectivity index (χ0) is 19.9. The second-order valence-electron chi connectivity index (χ2n) is 6.19. The molecule has 3 aromatic carbocycles. The number of carbonyl (C=O) groups excluding carboxylic acids is 2. The van der Waals surface area contributed by atoms with E-state index in [4.69, 9.17) is 4.74 Å². The van der Waals surface area contributed by atoms with Crippen LogP contribution in [-0.4, -0.2) is 18.3 Å². The Morgan fingerprint density at radius 1 is 0.964 bits per heavy atom. The van der Waals surface area contributed by atoms with Gasteiger partial charge in [0.05, 0.1) is 18.7 Å². The SMILES string of the molecule is CCOc1ccc(CC(=O)Nc2ccc(Br)cc2C(=O)c2ccccc2)cc1. The van der Waals surface area contributed by atoms with Gasteiger partial charge in [0.15, 0.2) is 5.78 Å². The highest BCUT2D eigenvalue weighted by atomic mass is 79.9. The monoisotopic (exact) mass is 437 g/mol. The summed E-state index contributed by atoms with van der Waals surface area (Å²) in [5.74, 6) is 0.446. The first-order valence-electron chi connectivity index (χ1n) is 8.97. The summed E-state index contributed by atoms with van der Waals surface area (Å²) in [4.78, 5) is 25.4. The maximum Gasteiger partial charge on any atom is 0.228 e. The molecule has 0 aliphatic heterocycles. The van der Waals surface area contributed by atoms with Crippen molar-refractivity contribution in [2.45, 2.75) is 13.3 Å². The minimum atomic E-state index is -0.186. The number of amides is 1. The zero-order valence-corrected chi connectivity index (χ0v) is 17.0. The van der Waals surface area contributed by atoms with Gasteiger partial charge >= 0.3 is 0 Å². The number of rotatable bonds is 7. The summed E-state index contributed by atoms with van der Waals surface area (Å²) in [6.45, 7) is 2.52. The number of halogens is 1. The minimum Gasteiger partial charge on any atom is -0.494 e. The lowest BCUT2D eigenvalue weighted by atomic mass is 10.0. The molecular formula is C23H20BrNO3. The quantitative estimate of drug-likeness (QED) is 0.512. The average Bonchev–Trinajstić information content (AvgIpc) is 2.71. The molecule has 0 radical (unpaired) electrons. The number of carbonyl (C=O) groups is 2. The Morgan fingerprint density at radius 3 is 2.36 bits per heavy atom. The molecule has 3 rings (SSSR count). The van der Waals surface area contributed by atoms with Gasteiger partial charge in [0.25, 0.3) is 0 Å². The van der Waals surface area contributed by atoms with Gasteiger partial charge in [-0.25, -0.2) is 0 Å². The Bertz CT molecular complexity index is 969. The fourth-order valence-electron chi connectivity index (χ4n) is 2.81. The molecule has 0 aliphatic carbocycles. The highest BCUT2D eigenvalue weighted by Gasteiger charge is 2.16. The summed E-state index contributed by atoms with van der Waals surface area (Å²) in [5, 5.41) is 2.86. The second kappa shape index (κ2) is 9.33. The van der Waals surface area contributed by atoms with Crippen LogP contribution >= 0.6 is 15.9 Å². The predicted octanol–water partition coefficient (Wildman–Crippen LogP) is 5.26. The molecule has 142 valence electrons. The van der Waals surface area contributed by atoms with Crippen LogP contribution in [0, 0.1) is 0 Å². The van der Waals surface area contributed by atoms with E-state index in [1.54, 1.807) is 30.3 Å². The van der Waals surface area contributed by atoms with Crippen molar-refractivity contribution in [3.63, 3.8) is 0 Å². The van der Waals surface area contributed by atoms with Crippen LogP contribution in [0.25, 0.3) is 0 Å². The van der Waals surface area contributed by atoms with Crippen LogP contribution in [0.15, 0.2) is 77.3 Å². The van der Waals surface area contributed by atoms with E-state index in [2.05, 4.69) is 21.2 Å². The zero-order valence-electron chi connectivity index (χ0n) is 15.4. The van der Waals surface area contributed by atoms with Gasteiger partial charge in [0.2, 0.25) is 5.91 Å². The topological polar surface area (TPSA) is 55.4 Å². The largest absolute Gasteiger partial charge is 0.494 e. The van der Waals surface area contributed by atoms with E-state index in [0.717, 1.165) is 15.8 Å². The van der Waals surface area contributed by atoms with Crippen molar-refractivity contribution in [2.75, 3.05) is 11.9 Å². The van der Waals surface area contributed by atoms with Crippen molar-refractivity contribution in [1.29, 1.82) is 0 Å². The molecule has 1 N–H and O–H groups in total. The Labute approximate surface area is 172 Å². The van der Waals surface area contributed by atoms with Gasteiger partial charge in [0.1, 0.15) is 5.75 Å². The van der Waals surface area contributed by atoms with E-state index < -0.39 is 0 Å². The van der Waals surface area contributed by atoms with Crippen molar-refractivity contribution in [3.05, 3.63) is 94.0 Å². The van der Waals surface area contributed by atoms with Crippen LogP contribution in [0.3, 0.4) is 0 Å². The second-order valence-corrected chi connectivity index (χ2v) is 7.10. The first-order valence-corrected chi connectivity index (χ1v) is 9.77. The highest BCUT2D eigenvalue weighted by molar-refractivity contribution is 9.10. The van der Waals surface area contributed by atoms with E-state index in [-0.39, 0.29) is 18.1 Å². The van der Waals surface area contributed by atoms with Gasteiger partial charge in [-0.2, -0.15) is 0 Å². The third-order valence-electron chi connectivity index (χ3n) is 4.14. The minimum absolute atomic E-state index is 0.140. The summed E-state index contributed by atoms with van der Waals surface area (Å²) < 4.78 is 6.19. The van der Waals surface area contributed by atoms with E-state index in [1.807, 2.05) is 49.4 Å². The van der Waals surface area contributed by atoms with Crippen LogP contribution in [0.5, 0.6) is 5.75 Å². The third kappa shape index (κ3) is 5.08. The maximum atomic E-state index is 12.9. The molecule has 0 spiro atoms. The Hall–Kier alpha value is -2.92. The Morgan fingerprint density at radius 2 is 1.68 bits per heavy atom. The van der Waals surface area contributed by atoms with Gasteiger partial charge in [-0.1, -0.05) is 58.4 Å². The molecule has 1 amide bonds. The Kier molecular flexibility index (Phi) is 6.61. The normalized spacial score (nSPS) is 10.4. The summed E-state index contributed by atoms with van der Waals surface area (Å²) in [7, 11) is 0. The molecule has 4 nitrogen and oxygen atoms in total. The lowest BCUT2D eigenvalue weighted by Gasteiger charge is -2.12. The number of ketones is 1. The van der Waals surface area contributed by atoms with Crippen LogP contribution < -0.4 is 10.1 Å². The summed E-state index contributed by atoms with van der Waals surface area (Å²) in [6.07, 6.45) is 0.210. The Balaban J connectivity index is 1.76.